The van der Waals surface area contributed by atoms with Gasteiger partial charge in [0.05, 0.1) is 22.9 Å². The summed E-state index contributed by atoms with van der Waals surface area (Å²) in [6, 6.07) is 8.07. The Kier molecular flexibility index (Phi) is 5.17. The van der Waals surface area contributed by atoms with Crippen LogP contribution in [0.3, 0.4) is 0 Å². The van der Waals surface area contributed by atoms with Crippen molar-refractivity contribution in [1.82, 2.24) is 9.66 Å². The van der Waals surface area contributed by atoms with Crippen LogP contribution in [0.4, 0.5) is 17.6 Å². The number of benzene rings is 2. The van der Waals surface area contributed by atoms with Gasteiger partial charge in [-0.1, -0.05) is 19.1 Å². The highest BCUT2D eigenvalue weighted by Gasteiger charge is 2.31. The van der Waals surface area contributed by atoms with Crippen LogP contribution in [0.1, 0.15) is 23.9 Å². The number of rotatable bonds is 4. The molecular formula is C19H15F4N3O2. The molecule has 0 aliphatic carbocycles. The summed E-state index contributed by atoms with van der Waals surface area (Å²) in [6.45, 7) is 1.65. The van der Waals surface area contributed by atoms with E-state index < -0.39 is 29.0 Å². The first-order valence-electron chi connectivity index (χ1n) is 8.36. The van der Waals surface area contributed by atoms with Gasteiger partial charge in [0.2, 0.25) is 5.91 Å². The van der Waals surface area contributed by atoms with Crippen molar-refractivity contribution in [3.63, 3.8) is 0 Å². The van der Waals surface area contributed by atoms with Crippen LogP contribution in [0.25, 0.3) is 10.9 Å². The van der Waals surface area contributed by atoms with Crippen LogP contribution in [0, 0.1) is 5.82 Å². The molecule has 0 bridgehead atoms. The minimum absolute atomic E-state index is 0.0590. The smallest absolute Gasteiger partial charge is 0.273 e. The molecule has 0 saturated carbocycles. The molecule has 1 amide bonds. The van der Waals surface area contributed by atoms with Crippen LogP contribution in [0.2, 0.25) is 0 Å². The Morgan fingerprint density at radius 1 is 1.18 bits per heavy atom. The van der Waals surface area contributed by atoms with Gasteiger partial charge in [-0.25, -0.2) is 14.1 Å². The fraction of sp³-hybridized carbons (Fsp3) is 0.211. The zero-order valence-corrected chi connectivity index (χ0v) is 14.7. The number of carbonyl (C=O) groups excluding carboxylic acids is 1. The van der Waals surface area contributed by atoms with Crippen LogP contribution in [-0.4, -0.2) is 15.6 Å². The molecule has 0 saturated heterocycles. The largest absolute Gasteiger partial charge is 0.416 e. The predicted molar refractivity (Wildman–Crippen MR) is 94.9 cm³/mol. The molecular weight excluding hydrogens is 378 g/mol. The van der Waals surface area contributed by atoms with Crippen LogP contribution in [0.15, 0.2) is 47.3 Å². The molecule has 146 valence electrons. The van der Waals surface area contributed by atoms with E-state index in [1.54, 1.807) is 13.0 Å². The number of halogens is 4. The van der Waals surface area contributed by atoms with E-state index in [1.807, 2.05) is 0 Å². The van der Waals surface area contributed by atoms with Crippen molar-refractivity contribution in [3.05, 3.63) is 75.6 Å². The van der Waals surface area contributed by atoms with Crippen molar-refractivity contribution in [2.24, 2.45) is 0 Å². The molecule has 0 spiro atoms. The van der Waals surface area contributed by atoms with E-state index in [0.717, 1.165) is 22.9 Å². The maximum Gasteiger partial charge on any atom is 0.416 e. The molecule has 3 rings (SSSR count). The first kappa shape index (κ1) is 19.5. The maximum absolute atomic E-state index is 13.2. The second-order valence-corrected chi connectivity index (χ2v) is 6.09. The first-order chi connectivity index (χ1) is 13.2. The van der Waals surface area contributed by atoms with Crippen molar-refractivity contribution in [1.29, 1.82) is 0 Å². The maximum atomic E-state index is 13.2. The third-order valence-corrected chi connectivity index (χ3v) is 4.07. The van der Waals surface area contributed by atoms with E-state index in [0.29, 0.717) is 5.56 Å². The highest BCUT2D eigenvalue weighted by Crippen LogP contribution is 2.30. The van der Waals surface area contributed by atoms with Gasteiger partial charge in [0.15, 0.2) is 0 Å². The van der Waals surface area contributed by atoms with Gasteiger partial charge in [-0.3, -0.25) is 15.0 Å². The molecule has 1 aromatic heterocycles. The summed E-state index contributed by atoms with van der Waals surface area (Å²) in [5.41, 5.74) is 1.09. The average Bonchev–Trinajstić information content (AvgIpc) is 2.62. The molecule has 0 radical (unpaired) electrons. The van der Waals surface area contributed by atoms with E-state index in [9.17, 15) is 27.2 Å². The zero-order chi connectivity index (χ0) is 20.5. The van der Waals surface area contributed by atoms with Crippen LogP contribution in [-0.2, 0) is 23.8 Å². The van der Waals surface area contributed by atoms with Crippen LogP contribution < -0.4 is 11.0 Å². The van der Waals surface area contributed by atoms with Crippen molar-refractivity contribution in [3.8, 4) is 0 Å². The predicted octanol–water partition coefficient (Wildman–Crippen LogP) is 3.43. The van der Waals surface area contributed by atoms with E-state index >= 15 is 0 Å². The number of aromatic nitrogens is 2. The number of hydrogen-bond acceptors (Lipinski definition) is 3. The Morgan fingerprint density at radius 3 is 2.57 bits per heavy atom. The monoisotopic (exact) mass is 393 g/mol. The minimum atomic E-state index is -4.56. The average molecular weight is 393 g/mol. The van der Waals surface area contributed by atoms with E-state index in [1.165, 1.54) is 18.2 Å². The van der Waals surface area contributed by atoms with Gasteiger partial charge in [-0.15, -0.1) is 0 Å². The quantitative estimate of drug-likeness (QED) is 0.691. The summed E-state index contributed by atoms with van der Waals surface area (Å²) in [6.07, 6.45) is -4.55. The Morgan fingerprint density at radius 2 is 1.93 bits per heavy atom. The van der Waals surface area contributed by atoms with Crippen LogP contribution in [0.5, 0.6) is 0 Å². The van der Waals surface area contributed by atoms with Crippen molar-refractivity contribution in [2.45, 2.75) is 25.9 Å². The van der Waals surface area contributed by atoms with Gasteiger partial charge in [-0.05, 0) is 35.9 Å². The molecule has 9 heteroatoms. The Balaban J connectivity index is 1.97. The molecule has 0 aliphatic rings. The summed E-state index contributed by atoms with van der Waals surface area (Å²) < 4.78 is 52.8. The Bertz CT molecular complexity index is 1110. The number of amides is 1. The standard InChI is InChI=1S/C19H15F4N3O2/c1-2-16-24-15-10-12(19(21,22)23)6-7-14(15)18(28)26(16)25-17(27)9-11-4-3-5-13(20)8-11/h3-8,10H,2,9H2,1H3,(H,25,27). The molecule has 3 aromatic rings. The van der Waals surface area contributed by atoms with Gasteiger partial charge >= 0.3 is 6.18 Å². The second-order valence-electron chi connectivity index (χ2n) is 6.09. The number of fused-ring (bicyclic) bond motifs is 1. The molecule has 28 heavy (non-hydrogen) atoms. The summed E-state index contributed by atoms with van der Waals surface area (Å²) >= 11 is 0. The molecule has 1 N–H and O–H groups in total. The summed E-state index contributed by atoms with van der Waals surface area (Å²) in [7, 11) is 0. The van der Waals surface area contributed by atoms with Crippen molar-refractivity contribution >= 4 is 16.8 Å². The summed E-state index contributed by atoms with van der Waals surface area (Å²) in [5.74, 6) is -0.982. The van der Waals surface area contributed by atoms with E-state index in [-0.39, 0.29) is 29.6 Å². The molecule has 0 aliphatic heterocycles. The fourth-order valence-electron chi connectivity index (χ4n) is 2.76. The third kappa shape index (κ3) is 4.03. The third-order valence-electron chi connectivity index (χ3n) is 4.07. The molecule has 0 unspecified atom stereocenters. The lowest BCUT2D eigenvalue weighted by atomic mass is 10.1. The lowest BCUT2D eigenvalue weighted by Crippen LogP contribution is -2.37. The van der Waals surface area contributed by atoms with Crippen molar-refractivity contribution in [2.75, 3.05) is 5.43 Å². The van der Waals surface area contributed by atoms with Crippen LogP contribution >= 0.6 is 0 Å². The molecule has 0 atom stereocenters. The fourth-order valence-corrected chi connectivity index (χ4v) is 2.76. The number of carbonyl (C=O) groups is 1. The molecule has 5 nitrogen and oxygen atoms in total. The number of hydrogen-bond donors (Lipinski definition) is 1. The minimum Gasteiger partial charge on any atom is -0.273 e. The SMILES string of the molecule is CCc1nc2cc(C(F)(F)F)ccc2c(=O)n1NC(=O)Cc1cccc(F)c1. The number of alkyl halides is 3. The number of nitrogens with one attached hydrogen (secondary N) is 1. The Labute approximate surface area is 156 Å². The van der Waals surface area contributed by atoms with E-state index in [4.69, 9.17) is 0 Å². The molecule has 1 heterocycles. The molecule has 2 aromatic carbocycles. The van der Waals surface area contributed by atoms with Gasteiger partial charge < -0.3 is 0 Å². The van der Waals surface area contributed by atoms with E-state index in [2.05, 4.69) is 10.4 Å². The van der Waals surface area contributed by atoms with Gasteiger partial charge in [0, 0.05) is 6.42 Å². The second kappa shape index (κ2) is 7.41. The zero-order valence-electron chi connectivity index (χ0n) is 14.7. The highest BCUT2D eigenvalue weighted by atomic mass is 19.4. The summed E-state index contributed by atoms with van der Waals surface area (Å²) in [4.78, 5) is 29.0. The Hall–Kier alpha value is -3.23. The number of aryl methyl sites for hydroxylation is 1. The normalized spacial score (nSPS) is 11.6. The van der Waals surface area contributed by atoms with Crippen molar-refractivity contribution < 1.29 is 22.4 Å². The molecule has 0 fully saturated rings. The topological polar surface area (TPSA) is 64.0 Å². The number of nitrogens with zero attached hydrogens (tertiary/aromatic N) is 2. The lowest BCUT2D eigenvalue weighted by molar-refractivity contribution is -0.137. The lowest BCUT2D eigenvalue weighted by Gasteiger charge is -2.14. The first-order valence-corrected chi connectivity index (χ1v) is 8.36. The van der Waals surface area contributed by atoms with Gasteiger partial charge in [-0.2, -0.15) is 13.2 Å². The van der Waals surface area contributed by atoms with Gasteiger partial charge in [0.25, 0.3) is 5.56 Å². The summed E-state index contributed by atoms with van der Waals surface area (Å²) in [5, 5.41) is -0.0590. The van der Waals surface area contributed by atoms with Gasteiger partial charge in [0.1, 0.15) is 11.6 Å². The highest BCUT2D eigenvalue weighted by molar-refractivity contribution is 5.86.